The minimum absolute atomic E-state index is 0.227. The first-order valence-electron chi connectivity index (χ1n) is 8.04. The standard InChI is InChI=1S/C21H19NO3/c23-18-11-9-16(10-12-18)15-22-19-6-2-4-8-21(19)25-14-13-17-5-1-3-7-20(17)24/h1-12,15,23-24H,13-14H2. The summed E-state index contributed by atoms with van der Waals surface area (Å²) in [5, 5.41) is 19.1. The topological polar surface area (TPSA) is 62.1 Å². The Hall–Kier alpha value is -3.27. The van der Waals surface area contributed by atoms with Gasteiger partial charge < -0.3 is 14.9 Å². The summed E-state index contributed by atoms with van der Waals surface area (Å²) < 4.78 is 5.84. The zero-order valence-corrected chi connectivity index (χ0v) is 13.7. The van der Waals surface area contributed by atoms with E-state index in [-0.39, 0.29) is 11.5 Å². The number of rotatable bonds is 6. The van der Waals surface area contributed by atoms with E-state index in [1.54, 1.807) is 42.6 Å². The van der Waals surface area contributed by atoms with Crippen LogP contribution in [0.3, 0.4) is 0 Å². The summed E-state index contributed by atoms with van der Waals surface area (Å²) in [6, 6.07) is 21.6. The van der Waals surface area contributed by atoms with Crippen LogP contribution < -0.4 is 4.74 Å². The highest BCUT2D eigenvalue weighted by atomic mass is 16.5. The van der Waals surface area contributed by atoms with Crippen molar-refractivity contribution < 1.29 is 14.9 Å². The molecule has 4 heteroatoms. The van der Waals surface area contributed by atoms with Crippen molar-refractivity contribution in [3.63, 3.8) is 0 Å². The van der Waals surface area contributed by atoms with Crippen molar-refractivity contribution in [2.24, 2.45) is 4.99 Å². The summed E-state index contributed by atoms with van der Waals surface area (Å²) in [7, 11) is 0. The van der Waals surface area contributed by atoms with E-state index in [0.717, 1.165) is 16.8 Å². The van der Waals surface area contributed by atoms with Gasteiger partial charge in [0.25, 0.3) is 0 Å². The average Bonchev–Trinajstić information content (AvgIpc) is 2.64. The predicted octanol–water partition coefficient (Wildman–Crippen LogP) is 4.47. The first-order chi connectivity index (χ1) is 12.2. The number of hydrogen-bond acceptors (Lipinski definition) is 4. The number of phenols is 2. The fourth-order valence-electron chi connectivity index (χ4n) is 2.38. The molecule has 4 nitrogen and oxygen atoms in total. The molecular weight excluding hydrogens is 314 g/mol. The Kier molecular flexibility index (Phi) is 5.32. The predicted molar refractivity (Wildman–Crippen MR) is 99.1 cm³/mol. The van der Waals surface area contributed by atoms with E-state index in [4.69, 9.17) is 4.74 Å². The maximum absolute atomic E-state index is 9.80. The van der Waals surface area contributed by atoms with Gasteiger partial charge in [-0.25, -0.2) is 0 Å². The van der Waals surface area contributed by atoms with Gasteiger partial charge in [0.15, 0.2) is 0 Å². The van der Waals surface area contributed by atoms with Crippen molar-refractivity contribution in [3.8, 4) is 17.2 Å². The maximum atomic E-state index is 9.80. The van der Waals surface area contributed by atoms with Crippen molar-refractivity contribution in [3.05, 3.63) is 83.9 Å². The number of aliphatic imine (C=N–C) groups is 1. The molecule has 0 aliphatic carbocycles. The van der Waals surface area contributed by atoms with E-state index in [2.05, 4.69) is 4.99 Å². The Morgan fingerprint density at radius 2 is 1.56 bits per heavy atom. The largest absolute Gasteiger partial charge is 0.508 e. The van der Waals surface area contributed by atoms with Crippen molar-refractivity contribution in [1.82, 2.24) is 0 Å². The van der Waals surface area contributed by atoms with Crippen LogP contribution in [0.5, 0.6) is 17.2 Å². The fraction of sp³-hybridized carbons (Fsp3) is 0.0952. The lowest BCUT2D eigenvalue weighted by Crippen LogP contribution is -2.01. The highest BCUT2D eigenvalue weighted by Crippen LogP contribution is 2.27. The minimum Gasteiger partial charge on any atom is -0.508 e. The number of ether oxygens (including phenoxy) is 1. The molecule has 0 amide bonds. The Morgan fingerprint density at radius 1 is 0.840 bits per heavy atom. The summed E-state index contributed by atoms with van der Waals surface area (Å²) in [5.74, 6) is 1.20. The highest BCUT2D eigenvalue weighted by Gasteiger charge is 2.03. The summed E-state index contributed by atoms with van der Waals surface area (Å²) in [5.41, 5.74) is 2.47. The van der Waals surface area contributed by atoms with Gasteiger partial charge in [-0.05, 0) is 53.6 Å². The number of benzene rings is 3. The van der Waals surface area contributed by atoms with E-state index in [1.165, 1.54) is 0 Å². The Labute approximate surface area is 146 Å². The zero-order valence-electron chi connectivity index (χ0n) is 13.7. The number of nitrogens with zero attached hydrogens (tertiary/aromatic N) is 1. The van der Waals surface area contributed by atoms with Gasteiger partial charge in [0.1, 0.15) is 22.9 Å². The zero-order chi connectivity index (χ0) is 17.5. The third kappa shape index (κ3) is 4.61. The summed E-state index contributed by atoms with van der Waals surface area (Å²) in [4.78, 5) is 4.47. The smallest absolute Gasteiger partial charge is 0.144 e. The molecule has 3 rings (SSSR count). The van der Waals surface area contributed by atoms with Gasteiger partial charge >= 0.3 is 0 Å². The molecule has 0 radical (unpaired) electrons. The number of phenolic OH excluding ortho intramolecular Hbond substituents is 2. The number of hydrogen-bond donors (Lipinski definition) is 2. The molecule has 0 bridgehead atoms. The molecule has 0 atom stereocenters. The molecule has 0 aliphatic rings. The van der Waals surface area contributed by atoms with Gasteiger partial charge in [-0.3, -0.25) is 4.99 Å². The molecule has 0 spiro atoms. The van der Waals surface area contributed by atoms with E-state index in [1.807, 2.05) is 36.4 Å². The monoisotopic (exact) mass is 333 g/mol. The van der Waals surface area contributed by atoms with Crippen molar-refractivity contribution in [2.75, 3.05) is 6.61 Å². The van der Waals surface area contributed by atoms with Gasteiger partial charge in [0, 0.05) is 12.6 Å². The SMILES string of the molecule is Oc1ccc(C=Nc2ccccc2OCCc2ccccc2O)cc1. The van der Waals surface area contributed by atoms with E-state index in [0.29, 0.717) is 18.8 Å². The first-order valence-corrected chi connectivity index (χ1v) is 8.04. The molecule has 0 saturated carbocycles. The Bertz CT molecular complexity index is 857. The molecule has 0 unspecified atom stereocenters. The van der Waals surface area contributed by atoms with E-state index in [9.17, 15) is 10.2 Å². The fourth-order valence-corrected chi connectivity index (χ4v) is 2.38. The van der Waals surface area contributed by atoms with Gasteiger partial charge in [0.2, 0.25) is 0 Å². The lowest BCUT2D eigenvalue weighted by Gasteiger charge is -2.09. The van der Waals surface area contributed by atoms with Crippen molar-refractivity contribution >= 4 is 11.9 Å². The van der Waals surface area contributed by atoms with Crippen LogP contribution in [0.25, 0.3) is 0 Å². The second-order valence-electron chi connectivity index (χ2n) is 5.54. The van der Waals surface area contributed by atoms with Gasteiger partial charge in [-0.1, -0.05) is 30.3 Å². The quantitative estimate of drug-likeness (QED) is 0.654. The van der Waals surface area contributed by atoms with Crippen LogP contribution in [0.15, 0.2) is 77.8 Å². The van der Waals surface area contributed by atoms with Crippen LogP contribution in [0.2, 0.25) is 0 Å². The minimum atomic E-state index is 0.227. The van der Waals surface area contributed by atoms with Crippen LogP contribution in [0.1, 0.15) is 11.1 Å². The molecule has 0 aliphatic heterocycles. The normalized spacial score (nSPS) is 10.9. The third-order valence-corrected chi connectivity index (χ3v) is 3.73. The molecule has 126 valence electrons. The van der Waals surface area contributed by atoms with Crippen LogP contribution in [0, 0.1) is 0 Å². The van der Waals surface area contributed by atoms with E-state index >= 15 is 0 Å². The van der Waals surface area contributed by atoms with Crippen molar-refractivity contribution in [2.45, 2.75) is 6.42 Å². The van der Waals surface area contributed by atoms with E-state index < -0.39 is 0 Å². The van der Waals surface area contributed by atoms with Gasteiger partial charge in [-0.2, -0.15) is 0 Å². The second-order valence-corrected chi connectivity index (χ2v) is 5.54. The maximum Gasteiger partial charge on any atom is 0.144 e. The number of aromatic hydroxyl groups is 2. The molecular formula is C21H19NO3. The molecule has 0 saturated heterocycles. The average molecular weight is 333 g/mol. The summed E-state index contributed by atoms with van der Waals surface area (Å²) >= 11 is 0. The Balaban J connectivity index is 1.66. The lowest BCUT2D eigenvalue weighted by atomic mass is 10.1. The summed E-state index contributed by atoms with van der Waals surface area (Å²) in [6.07, 6.45) is 2.34. The van der Waals surface area contributed by atoms with Gasteiger partial charge in [0.05, 0.1) is 6.61 Å². The molecule has 0 aromatic heterocycles. The van der Waals surface area contributed by atoms with Crippen LogP contribution >= 0.6 is 0 Å². The molecule has 25 heavy (non-hydrogen) atoms. The first kappa shape index (κ1) is 16.6. The van der Waals surface area contributed by atoms with Crippen LogP contribution in [-0.2, 0) is 6.42 Å². The van der Waals surface area contributed by atoms with Gasteiger partial charge in [-0.15, -0.1) is 0 Å². The third-order valence-electron chi connectivity index (χ3n) is 3.73. The van der Waals surface area contributed by atoms with Crippen molar-refractivity contribution in [1.29, 1.82) is 0 Å². The lowest BCUT2D eigenvalue weighted by molar-refractivity contribution is 0.320. The molecule has 3 aromatic rings. The van der Waals surface area contributed by atoms with Crippen LogP contribution in [-0.4, -0.2) is 23.0 Å². The molecule has 0 heterocycles. The molecule has 0 fully saturated rings. The van der Waals surface area contributed by atoms with Crippen LogP contribution in [0.4, 0.5) is 5.69 Å². The highest BCUT2D eigenvalue weighted by molar-refractivity contribution is 5.82. The molecule has 3 aromatic carbocycles. The second kappa shape index (κ2) is 8.02. The number of para-hydroxylation sites is 3. The Morgan fingerprint density at radius 3 is 2.36 bits per heavy atom. The molecule has 2 N–H and O–H groups in total. The summed E-state index contributed by atoms with van der Waals surface area (Å²) in [6.45, 7) is 0.448.